The number of methoxy groups -OCH3 is 1. The van der Waals surface area contributed by atoms with Crippen LogP contribution in [0.25, 0.3) is 11.1 Å². The largest absolute Gasteiger partial charge is 0.494 e. The number of nitrogens with zero attached hydrogens (tertiary/aromatic N) is 3. The molecule has 3 N–H and O–H groups in total. The predicted octanol–water partition coefficient (Wildman–Crippen LogP) is 4.40. The SMILES string of the molecule is COc1cnc(C(F)F)cc1-c1cc(N2CCCCC2=O)ncc1C(=O)NC(=N)SC(=N)C#CC1CC1. The molecule has 2 fully saturated rings. The maximum Gasteiger partial charge on any atom is 0.280 e. The number of hydrogen-bond acceptors (Lipinski definition) is 8. The van der Waals surface area contributed by atoms with Crippen LogP contribution < -0.4 is 15.0 Å². The van der Waals surface area contributed by atoms with Crippen LogP contribution in [0.5, 0.6) is 5.75 Å². The number of pyridine rings is 2. The van der Waals surface area contributed by atoms with Gasteiger partial charge in [0.1, 0.15) is 22.3 Å². The minimum Gasteiger partial charge on any atom is -0.494 e. The van der Waals surface area contributed by atoms with Gasteiger partial charge < -0.3 is 10.1 Å². The van der Waals surface area contributed by atoms with Gasteiger partial charge in [0, 0.05) is 36.2 Å². The number of alkyl halides is 2. The first kappa shape index (κ1) is 26.2. The molecule has 2 aromatic rings. The molecule has 192 valence electrons. The summed E-state index contributed by atoms with van der Waals surface area (Å²) in [6.45, 7) is 0.442. The zero-order valence-electron chi connectivity index (χ0n) is 19.9. The Kier molecular flexibility index (Phi) is 8.13. The van der Waals surface area contributed by atoms with Crippen LogP contribution in [-0.4, -0.2) is 45.6 Å². The van der Waals surface area contributed by atoms with Crippen molar-refractivity contribution in [3.8, 4) is 28.7 Å². The number of halogens is 2. The second kappa shape index (κ2) is 11.5. The minimum absolute atomic E-state index is 0.0288. The van der Waals surface area contributed by atoms with Crippen molar-refractivity contribution in [2.45, 2.75) is 38.5 Å². The van der Waals surface area contributed by atoms with Crippen LogP contribution in [-0.2, 0) is 4.79 Å². The Bertz CT molecular complexity index is 1320. The fraction of sp³-hybridized carbons (Fsp3) is 0.360. The summed E-state index contributed by atoms with van der Waals surface area (Å²) in [6.07, 6.45) is 3.42. The fourth-order valence-corrected chi connectivity index (χ4v) is 4.17. The molecule has 2 amide bonds. The van der Waals surface area contributed by atoms with Crippen LogP contribution in [0.15, 0.2) is 24.5 Å². The average Bonchev–Trinajstić information content (AvgIpc) is 3.71. The number of amides is 2. The molecule has 4 rings (SSSR count). The van der Waals surface area contributed by atoms with Gasteiger partial charge in [-0.3, -0.25) is 30.3 Å². The molecule has 1 saturated carbocycles. The maximum absolute atomic E-state index is 13.5. The van der Waals surface area contributed by atoms with E-state index in [9.17, 15) is 18.4 Å². The van der Waals surface area contributed by atoms with Crippen LogP contribution in [0.4, 0.5) is 14.6 Å². The van der Waals surface area contributed by atoms with Gasteiger partial charge in [-0.05, 0) is 55.5 Å². The molecule has 2 aliphatic rings. The number of thioether (sulfide) groups is 1. The number of amidine groups is 1. The molecule has 9 nitrogen and oxygen atoms in total. The highest BCUT2D eigenvalue weighted by Crippen LogP contribution is 2.36. The highest BCUT2D eigenvalue weighted by molar-refractivity contribution is 8.26. The Balaban J connectivity index is 1.69. The number of carbonyl (C=O) groups excluding carboxylic acids is 2. The van der Waals surface area contributed by atoms with Crippen molar-refractivity contribution in [3.05, 3.63) is 35.8 Å². The van der Waals surface area contributed by atoms with E-state index in [2.05, 4.69) is 27.1 Å². The van der Waals surface area contributed by atoms with Gasteiger partial charge in [-0.25, -0.2) is 13.8 Å². The Hall–Kier alpha value is -3.85. The van der Waals surface area contributed by atoms with Gasteiger partial charge in [-0.2, -0.15) is 0 Å². The van der Waals surface area contributed by atoms with Crippen LogP contribution in [0.1, 0.15) is 54.6 Å². The van der Waals surface area contributed by atoms with E-state index < -0.39 is 18.0 Å². The molecule has 3 heterocycles. The molecule has 0 spiro atoms. The lowest BCUT2D eigenvalue weighted by molar-refractivity contribution is -0.119. The Morgan fingerprint density at radius 1 is 1.22 bits per heavy atom. The lowest BCUT2D eigenvalue weighted by Gasteiger charge is -2.26. The van der Waals surface area contributed by atoms with Gasteiger partial charge in [0.05, 0.1) is 18.9 Å². The summed E-state index contributed by atoms with van der Waals surface area (Å²) >= 11 is 0.688. The quantitative estimate of drug-likeness (QED) is 0.301. The molecular weight excluding hydrogens is 502 g/mol. The molecule has 1 aliphatic heterocycles. The highest BCUT2D eigenvalue weighted by atomic mass is 32.2. The molecule has 2 aromatic heterocycles. The lowest BCUT2D eigenvalue weighted by Crippen LogP contribution is -2.36. The first-order valence-electron chi connectivity index (χ1n) is 11.6. The number of aromatic nitrogens is 2. The Morgan fingerprint density at radius 2 is 2.00 bits per heavy atom. The summed E-state index contributed by atoms with van der Waals surface area (Å²) in [5, 5.41) is 18.0. The molecule has 1 aliphatic carbocycles. The van der Waals surface area contributed by atoms with E-state index in [0.717, 1.165) is 37.9 Å². The zero-order chi connectivity index (χ0) is 26.5. The number of piperidine rings is 1. The number of nitrogens with one attached hydrogen (secondary N) is 3. The number of anilines is 1. The standard InChI is InChI=1S/C25H24F2N6O3S/c1-36-19-13-30-18(23(26)27)10-16(19)15-11-21(33-9-3-2-4-22(33)34)31-12-17(15)24(35)32-25(29)37-20(28)8-7-14-5-6-14/h10-14,23,28H,2-6,9H2,1H3,(H2,29,32,35). The van der Waals surface area contributed by atoms with Crippen LogP contribution in [0, 0.1) is 28.6 Å². The normalized spacial score (nSPS) is 15.1. The van der Waals surface area contributed by atoms with Crippen LogP contribution in [0.3, 0.4) is 0 Å². The smallest absolute Gasteiger partial charge is 0.280 e. The number of ether oxygens (including phenoxy) is 1. The third-order valence-corrected chi connectivity index (χ3v) is 6.37. The van der Waals surface area contributed by atoms with Crippen LogP contribution >= 0.6 is 11.8 Å². The first-order chi connectivity index (χ1) is 17.8. The van der Waals surface area contributed by atoms with E-state index in [1.54, 1.807) is 0 Å². The third kappa shape index (κ3) is 6.48. The predicted molar refractivity (Wildman–Crippen MR) is 136 cm³/mol. The topological polar surface area (TPSA) is 132 Å². The zero-order valence-corrected chi connectivity index (χ0v) is 20.8. The summed E-state index contributed by atoms with van der Waals surface area (Å²) in [4.78, 5) is 35.2. The fourth-order valence-electron chi connectivity index (χ4n) is 3.71. The third-order valence-electron chi connectivity index (χ3n) is 5.75. The van der Waals surface area contributed by atoms with E-state index in [-0.39, 0.29) is 50.3 Å². The second-order valence-electron chi connectivity index (χ2n) is 8.46. The summed E-state index contributed by atoms with van der Waals surface area (Å²) in [7, 11) is 1.35. The molecule has 12 heteroatoms. The summed E-state index contributed by atoms with van der Waals surface area (Å²) in [5.41, 5.74) is -0.198. The maximum atomic E-state index is 13.5. The van der Waals surface area contributed by atoms with Gasteiger partial charge in [0.25, 0.3) is 12.3 Å². The van der Waals surface area contributed by atoms with E-state index >= 15 is 0 Å². The van der Waals surface area contributed by atoms with Crippen molar-refractivity contribution in [3.63, 3.8) is 0 Å². The van der Waals surface area contributed by atoms with Crippen molar-refractivity contribution >= 4 is 39.6 Å². The Morgan fingerprint density at radius 3 is 2.68 bits per heavy atom. The lowest BCUT2D eigenvalue weighted by atomic mass is 9.99. The second-order valence-corrected chi connectivity index (χ2v) is 9.48. The van der Waals surface area contributed by atoms with Crippen molar-refractivity contribution < 1.29 is 23.1 Å². The van der Waals surface area contributed by atoms with Crippen molar-refractivity contribution in [2.75, 3.05) is 18.6 Å². The molecule has 0 bridgehead atoms. The average molecular weight is 527 g/mol. The van der Waals surface area contributed by atoms with Gasteiger partial charge in [-0.15, -0.1) is 0 Å². The molecule has 0 atom stereocenters. The van der Waals surface area contributed by atoms with E-state index in [0.29, 0.717) is 24.7 Å². The number of carbonyl (C=O) groups is 2. The molecule has 0 unspecified atom stereocenters. The summed E-state index contributed by atoms with van der Waals surface area (Å²) < 4.78 is 32.3. The van der Waals surface area contributed by atoms with Gasteiger partial charge in [0.2, 0.25) is 5.91 Å². The molecule has 37 heavy (non-hydrogen) atoms. The summed E-state index contributed by atoms with van der Waals surface area (Å²) in [6, 6.07) is 2.60. The molecule has 0 radical (unpaired) electrons. The van der Waals surface area contributed by atoms with Gasteiger partial charge >= 0.3 is 0 Å². The molecular formula is C25H24F2N6O3S. The monoisotopic (exact) mass is 526 g/mol. The van der Waals surface area contributed by atoms with E-state index in [1.165, 1.54) is 24.3 Å². The van der Waals surface area contributed by atoms with Gasteiger partial charge in [-0.1, -0.05) is 5.92 Å². The minimum atomic E-state index is -2.86. The number of hydrogen-bond donors (Lipinski definition) is 3. The summed E-state index contributed by atoms with van der Waals surface area (Å²) in [5.74, 6) is 5.42. The van der Waals surface area contributed by atoms with Crippen molar-refractivity contribution in [2.24, 2.45) is 5.92 Å². The molecule has 1 saturated heterocycles. The van der Waals surface area contributed by atoms with Crippen LogP contribution in [0.2, 0.25) is 0 Å². The van der Waals surface area contributed by atoms with Crippen molar-refractivity contribution in [1.29, 1.82) is 10.8 Å². The first-order valence-corrected chi connectivity index (χ1v) is 12.4. The van der Waals surface area contributed by atoms with E-state index in [1.807, 2.05) is 0 Å². The van der Waals surface area contributed by atoms with E-state index in [4.69, 9.17) is 15.6 Å². The van der Waals surface area contributed by atoms with Gasteiger partial charge in [0.15, 0.2) is 5.17 Å². The Labute approximate surface area is 216 Å². The highest BCUT2D eigenvalue weighted by Gasteiger charge is 2.26. The molecule has 0 aromatic carbocycles. The van der Waals surface area contributed by atoms with Crippen molar-refractivity contribution in [1.82, 2.24) is 15.3 Å². The number of rotatable bonds is 5.